The first-order chi connectivity index (χ1) is 10.2. The zero-order valence-electron chi connectivity index (χ0n) is 13.7. The summed E-state index contributed by atoms with van der Waals surface area (Å²) in [5.74, 6) is 0.427. The summed E-state index contributed by atoms with van der Waals surface area (Å²) < 4.78 is 24.9. The average Bonchev–Trinajstić information content (AvgIpc) is 2.86. The van der Waals surface area contributed by atoms with E-state index in [9.17, 15) is 13.2 Å². The maximum Gasteiger partial charge on any atom is 0.253 e. The van der Waals surface area contributed by atoms with Crippen molar-refractivity contribution < 1.29 is 13.2 Å². The zero-order valence-corrected chi connectivity index (χ0v) is 14.5. The van der Waals surface area contributed by atoms with Gasteiger partial charge >= 0.3 is 0 Å². The minimum atomic E-state index is -3.25. The Labute approximate surface area is 133 Å². The average molecular weight is 324 g/mol. The molecule has 0 atom stereocenters. The molecular formula is C16H24N2O3S. The number of carbonyl (C=O) groups is 1. The summed E-state index contributed by atoms with van der Waals surface area (Å²) in [6.07, 6.45) is 1.86. The third-order valence-corrected chi connectivity index (χ3v) is 5.01. The normalized spacial score (nSPS) is 14.3. The van der Waals surface area contributed by atoms with Crippen molar-refractivity contribution in [3.8, 4) is 0 Å². The van der Waals surface area contributed by atoms with Crippen LogP contribution in [-0.4, -0.2) is 45.1 Å². The van der Waals surface area contributed by atoms with Gasteiger partial charge in [0.2, 0.25) is 10.0 Å². The highest BCUT2D eigenvalue weighted by atomic mass is 32.2. The molecule has 0 fully saturated rings. The van der Waals surface area contributed by atoms with Crippen molar-refractivity contribution in [2.45, 2.75) is 27.2 Å². The number of benzene rings is 1. The maximum atomic E-state index is 12.6. The largest absolute Gasteiger partial charge is 0.339 e. The van der Waals surface area contributed by atoms with Gasteiger partial charge in [-0.15, -0.1) is 0 Å². The molecule has 0 N–H and O–H groups in total. The molecule has 0 aromatic heterocycles. The van der Waals surface area contributed by atoms with Gasteiger partial charge in [0.25, 0.3) is 5.91 Å². The van der Waals surface area contributed by atoms with E-state index in [0.29, 0.717) is 36.7 Å². The lowest BCUT2D eigenvalue weighted by Crippen LogP contribution is -2.34. The summed E-state index contributed by atoms with van der Waals surface area (Å²) in [6, 6.07) is 5.32. The van der Waals surface area contributed by atoms with E-state index < -0.39 is 10.0 Å². The number of nitrogens with zero attached hydrogens (tertiary/aromatic N) is 2. The van der Waals surface area contributed by atoms with Crippen molar-refractivity contribution in [3.63, 3.8) is 0 Å². The molecule has 1 aliphatic heterocycles. The molecule has 5 nitrogen and oxygen atoms in total. The fraction of sp³-hybridized carbons (Fsp3) is 0.562. The number of carbonyl (C=O) groups excluding carboxylic acids is 1. The second kappa shape index (κ2) is 6.28. The number of fused-ring (bicyclic) bond motifs is 1. The second-order valence-electron chi connectivity index (χ2n) is 6.17. The summed E-state index contributed by atoms with van der Waals surface area (Å²) in [4.78, 5) is 14.4. The van der Waals surface area contributed by atoms with Gasteiger partial charge in [-0.1, -0.05) is 13.8 Å². The molecule has 6 heteroatoms. The quantitative estimate of drug-likeness (QED) is 0.834. The summed E-state index contributed by atoms with van der Waals surface area (Å²) in [6.45, 7) is 7.99. The highest BCUT2D eigenvalue weighted by Crippen LogP contribution is 2.31. The van der Waals surface area contributed by atoms with E-state index in [1.165, 1.54) is 10.6 Å². The number of sulfonamides is 1. The van der Waals surface area contributed by atoms with Crippen molar-refractivity contribution in [3.05, 3.63) is 29.3 Å². The molecule has 0 saturated heterocycles. The van der Waals surface area contributed by atoms with Crippen LogP contribution in [-0.2, 0) is 16.4 Å². The van der Waals surface area contributed by atoms with Gasteiger partial charge in [0, 0.05) is 25.2 Å². The molecule has 0 radical (unpaired) electrons. The van der Waals surface area contributed by atoms with Crippen LogP contribution in [0.2, 0.25) is 0 Å². The van der Waals surface area contributed by atoms with Crippen LogP contribution in [0.25, 0.3) is 0 Å². The first-order valence-electron chi connectivity index (χ1n) is 7.64. The third-order valence-electron chi connectivity index (χ3n) is 3.83. The Morgan fingerprint density at radius 3 is 2.59 bits per heavy atom. The first-order valence-corrected chi connectivity index (χ1v) is 9.48. The van der Waals surface area contributed by atoms with Gasteiger partial charge in [0.1, 0.15) is 0 Å². The predicted molar refractivity (Wildman–Crippen MR) is 88.8 cm³/mol. The highest BCUT2D eigenvalue weighted by Gasteiger charge is 2.27. The summed E-state index contributed by atoms with van der Waals surface area (Å²) in [7, 11) is -3.25. The molecule has 0 saturated carbocycles. The summed E-state index contributed by atoms with van der Waals surface area (Å²) in [5.41, 5.74) is 2.26. The lowest BCUT2D eigenvalue weighted by Gasteiger charge is -2.23. The van der Waals surface area contributed by atoms with E-state index in [4.69, 9.17) is 0 Å². The van der Waals surface area contributed by atoms with E-state index in [1.807, 2.05) is 17.9 Å². The molecule has 0 aliphatic carbocycles. The fourth-order valence-corrected chi connectivity index (χ4v) is 3.79. The smallest absolute Gasteiger partial charge is 0.253 e. The molecule has 0 spiro atoms. The molecule has 2 rings (SSSR count). The van der Waals surface area contributed by atoms with E-state index >= 15 is 0 Å². The van der Waals surface area contributed by atoms with Crippen LogP contribution < -0.4 is 4.31 Å². The van der Waals surface area contributed by atoms with Crippen LogP contribution in [0.4, 0.5) is 5.69 Å². The first kappa shape index (κ1) is 16.8. The Morgan fingerprint density at radius 1 is 1.36 bits per heavy atom. The Kier molecular flexibility index (Phi) is 4.80. The topological polar surface area (TPSA) is 57.7 Å². The molecule has 1 heterocycles. The number of amides is 1. The van der Waals surface area contributed by atoms with E-state index in [-0.39, 0.29) is 5.91 Å². The van der Waals surface area contributed by atoms with Crippen LogP contribution in [0.5, 0.6) is 0 Å². The van der Waals surface area contributed by atoms with Gasteiger partial charge in [-0.2, -0.15) is 0 Å². The minimum Gasteiger partial charge on any atom is -0.339 e. The molecule has 1 amide bonds. The van der Waals surface area contributed by atoms with Crippen molar-refractivity contribution in [1.29, 1.82) is 0 Å². The Hall–Kier alpha value is -1.56. The van der Waals surface area contributed by atoms with Crippen LogP contribution in [0.1, 0.15) is 36.7 Å². The summed E-state index contributed by atoms with van der Waals surface area (Å²) in [5, 5.41) is 0. The predicted octanol–water partition coefficient (Wildman–Crippen LogP) is 2.13. The Balaban J connectivity index is 2.27. The molecule has 1 aliphatic rings. The fourth-order valence-electron chi connectivity index (χ4n) is 2.83. The monoisotopic (exact) mass is 324 g/mol. The molecule has 0 bridgehead atoms. The van der Waals surface area contributed by atoms with Crippen LogP contribution >= 0.6 is 0 Å². The van der Waals surface area contributed by atoms with Gasteiger partial charge in [-0.25, -0.2) is 8.42 Å². The lowest BCUT2D eigenvalue weighted by atomic mass is 10.1. The molecule has 1 aromatic rings. The maximum absolute atomic E-state index is 12.6. The van der Waals surface area contributed by atoms with Crippen LogP contribution in [0, 0.1) is 5.92 Å². The van der Waals surface area contributed by atoms with Crippen molar-refractivity contribution >= 4 is 21.6 Å². The van der Waals surface area contributed by atoms with Crippen LogP contribution in [0.15, 0.2) is 18.2 Å². The lowest BCUT2D eigenvalue weighted by molar-refractivity contribution is 0.0745. The standard InChI is InChI=1S/C16H24N2O3S/c1-5-17(11-12(2)3)16(19)14-6-7-15-13(10-14)8-9-18(15)22(4,20)21/h6-7,10,12H,5,8-9,11H2,1-4H3. The van der Waals surface area contributed by atoms with E-state index in [2.05, 4.69) is 13.8 Å². The van der Waals surface area contributed by atoms with Crippen molar-refractivity contribution in [1.82, 2.24) is 4.90 Å². The molecule has 1 aromatic carbocycles. The van der Waals surface area contributed by atoms with E-state index in [1.54, 1.807) is 12.1 Å². The molecule has 0 unspecified atom stereocenters. The molecular weight excluding hydrogens is 300 g/mol. The number of hydrogen-bond donors (Lipinski definition) is 0. The van der Waals surface area contributed by atoms with Crippen molar-refractivity contribution in [2.75, 3.05) is 30.2 Å². The van der Waals surface area contributed by atoms with Gasteiger partial charge in [0.05, 0.1) is 11.9 Å². The number of anilines is 1. The second-order valence-corrected chi connectivity index (χ2v) is 8.07. The van der Waals surface area contributed by atoms with Crippen molar-refractivity contribution in [2.24, 2.45) is 5.92 Å². The summed E-state index contributed by atoms with van der Waals surface area (Å²) >= 11 is 0. The zero-order chi connectivity index (χ0) is 16.5. The minimum absolute atomic E-state index is 0.0109. The third kappa shape index (κ3) is 3.43. The van der Waals surface area contributed by atoms with E-state index in [0.717, 1.165) is 12.1 Å². The highest BCUT2D eigenvalue weighted by molar-refractivity contribution is 7.92. The Morgan fingerprint density at radius 2 is 2.05 bits per heavy atom. The number of hydrogen-bond acceptors (Lipinski definition) is 3. The van der Waals surface area contributed by atoms with Gasteiger partial charge < -0.3 is 4.90 Å². The number of rotatable bonds is 5. The van der Waals surface area contributed by atoms with Gasteiger partial charge in [-0.3, -0.25) is 9.10 Å². The Bertz CT molecular complexity index is 668. The molecule has 122 valence electrons. The van der Waals surface area contributed by atoms with Gasteiger partial charge in [0.15, 0.2) is 0 Å². The SMILES string of the molecule is CCN(CC(C)C)C(=O)c1ccc2c(c1)CCN2S(C)(=O)=O. The van der Waals surface area contributed by atoms with Crippen LogP contribution in [0.3, 0.4) is 0 Å². The molecule has 22 heavy (non-hydrogen) atoms. The van der Waals surface area contributed by atoms with Gasteiger partial charge in [-0.05, 0) is 43.0 Å².